The molecule has 1 heterocycles. The van der Waals surface area contributed by atoms with E-state index in [4.69, 9.17) is 22.1 Å². The molecule has 0 spiro atoms. The molecule has 2 aromatic rings. The molecule has 160 valence electrons. The number of halogens is 1. The normalized spacial score (nSPS) is 19.9. The van der Waals surface area contributed by atoms with Crippen molar-refractivity contribution < 1.29 is 9.53 Å². The highest BCUT2D eigenvalue weighted by molar-refractivity contribution is 8.13. The molecule has 4 rings (SSSR count). The van der Waals surface area contributed by atoms with Crippen molar-refractivity contribution in [1.29, 1.82) is 0 Å². The number of carbonyl (C=O) groups is 1. The fourth-order valence-corrected chi connectivity index (χ4v) is 4.93. The molecule has 1 atom stereocenters. The number of benzene rings is 2. The number of nitrogens with one attached hydrogen (secondary N) is 1. The van der Waals surface area contributed by atoms with Gasteiger partial charge in [0.25, 0.3) is 5.91 Å². The van der Waals surface area contributed by atoms with Crippen LogP contribution in [0.25, 0.3) is 6.08 Å². The molecule has 31 heavy (non-hydrogen) atoms. The van der Waals surface area contributed by atoms with Gasteiger partial charge >= 0.3 is 0 Å². The minimum absolute atomic E-state index is 0.0964. The van der Waals surface area contributed by atoms with E-state index in [1.54, 1.807) is 11.8 Å². The number of nitrogens with two attached hydrogens (primary N) is 1. The van der Waals surface area contributed by atoms with Crippen molar-refractivity contribution in [3.63, 3.8) is 0 Å². The molecule has 2 aromatic carbocycles. The largest absolute Gasteiger partial charge is 0.484 e. The number of aliphatic imine (C=N–C) groups is 1. The lowest BCUT2D eigenvalue weighted by molar-refractivity contribution is -0.118. The Labute approximate surface area is 191 Å². The average Bonchev–Trinajstić information content (AvgIpc) is 3.01. The summed E-state index contributed by atoms with van der Waals surface area (Å²) in [5.41, 5.74) is 9.22. The first-order valence-corrected chi connectivity index (χ1v) is 11.5. The fraction of sp³-hybridized carbons (Fsp3) is 0.250. The molecule has 0 fully saturated rings. The SMILES string of the molecule is CC1(c2cccc(OCC(=O)Nc3ccc(Cl)c4c3C=CC=CC4)c2)CCSC(N)=N1. The maximum absolute atomic E-state index is 12.6. The van der Waals surface area contributed by atoms with Crippen molar-refractivity contribution in [2.75, 3.05) is 17.7 Å². The molecular formula is C24H24ClN3O2S. The number of ether oxygens (including phenoxy) is 1. The van der Waals surface area contributed by atoms with Crippen molar-refractivity contribution >= 4 is 46.2 Å². The van der Waals surface area contributed by atoms with Gasteiger partial charge in [0.05, 0.1) is 5.54 Å². The van der Waals surface area contributed by atoms with E-state index in [1.807, 2.05) is 60.7 Å². The Morgan fingerprint density at radius 3 is 3.03 bits per heavy atom. The minimum Gasteiger partial charge on any atom is -0.484 e. The monoisotopic (exact) mass is 453 g/mol. The Morgan fingerprint density at radius 1 is 1.32 bits per heavy atom. The number of carbonyl (C=O) groups excluding carboxylic acids is 1. The maximum Gasteiger partial charge on any atom is 0.262 e. The van der Waals surface area contributed by atoms with E-state index in [0.29, 0.717) is 15.9 Å². The van der Waals surface area contributed by atoms with Crippen LogP contribution in [0.3, 0.4) is 0 Å². The van der Waals surface area contributed by atoms with Gasteiger partial charge in [-0.25, -0.2) is 0 Å². The van der Waals surface area contributed by atoms with Gasteiger partial charge in [0.15, 0.2) is 11.8 Å². The molecule has 1 aliphatic heterocycles. The molecular weight excluding hydrogens is 430 g/mol. The second-order valence-corrected chi connectivity index (χ2v) is 9.19. The summed E-state index contributed by atoms with van der Waals surface area (Å²) in [7, 11) is 0. The van der Waals surface area contributed by atoms with Crippen LogP contribution in [-0.2, 0) is 16.8 Å². The van der Waals surface area contributed by atoms with Gasteiger partial charge < -0.3 is 15.8 Å². The quantitative estimate of drug-likeness (QED) is 0.656. The molecule has 0 aromatic heterocycles. The zero-order chi connectivity index (χ0) is 21.8. The Bertz CT molecular complexity index is 1100. The topological polar surface area (TPSA) is 76.7 Å². The van der Waals surface area contributed by atoms with Crippen LogP contribution in [0, 0.1) is 0 Å². The zero-order valence-electron chi connectivity index (χ0n) is 17.2. The number of rotatable bonds is 5. The number of hydrogen-bond acceptors (Lipinski definition) is 5. The van der Waals surface area contributed by atoms with Crippen LogP contribution in [0.15, 0.2) is 59.6 Å². The van der Waals surface area contributed by atoms with Crippen LogP contribution in [0.2, 0.25) is 5.02 Å². The van der Waals surface area contributed by atoms with Gasteiger partial charge in [0, 0.05) is 22.0 Å². The summed E-state index contributed by atoms with van der Waals surface area (Å²) in [6, 6.07) is 11.3. The Balaban J connectivity index is 1.44. The van der Waals surface area contributed by atoms with Gasteiger partial charge in [-0.05, 0) is 55.2 Å². The molecule has 0 saturated heterocycles. The van der Waals surface area contributed by atoms with Crippen molar-refractivity contribution in [1.82, 2.24) is 0 Å². The van der Waals surface area contributed by atoms with Gasteiger partial charge in [-0.2, -0.15) is 0 Å². The van der Waals surface area contributed by atoms with E-state index in [2.05, 4.69) is 17.2 Å². The number of thioether (sulfide) groups is 1. The maximum atomic E-state index is 12.6. The van der Waals surface area contributed by atoms with Gasteiger partial charge in [-0.1, -0.05) is 59.8 Å². The molecule has 0 radical (unpaired) electrons. The lowest BCUT2D eigenvalue weighted by Crippen LogP contribution is -2.28. The zero-order valence-corrected chi connectivity index (χ0v) is 18.8. The van der Waals surface area contributed by atoms with Crippen LogP contribution in [-0.4, -0.2) is 23.4 Å². The molecule has 5 nitrogen and oxygen atoms in total. The highest BCUT2D eigenvalue weighted by atomic mass is 35.5. The first-order valence-electron chi connectivity index (χ1n) is 10.1. The summed E-state index contributed by atoms with van der Waals surface area (Å²) in [6.45, 7) is 1.97. The molecule has 0 saturated carbocycles. The van der Waals surface area contributed by atoms with E-state index < -0.39 is 0 Å². The molecule has 3 N–H and O–H groups in total. The van der Waals surface area contributed by atoms with E-state index in [-0.39, 0.29) is 18.1 Å². The van der Waals surface area contributed by atoms with Crippen molar-refractivity contribution in [3.05, 3.63) is 76.3 Å². The summed E-state index contributed by atoms with van der Waals surface area (Å²) in [5, 5.41) is 4.24. The highest BCUT2D eigenvalue weighted by Gasteiger charge is 2.29. The average molecular weight is 454 g/mol. The van der Waals surface area contributed by atoms with E-state index in [0.717, 1.165) is 41.0 Å². The third-order valence-corrected chi connectivity index (χ3v) is 6.58. The van der Waals surface area contributed by atoms with E-state index in [1.165, 1.54) is 0 Å². The number of nitrogens with zero attached hydrogens (tertiary/aromatic N) is 1. The number of anilines is 1. The van der Waals surface area contributed by atoms with E-state index in [9.17, 15) is 4.79 Å². The number of fused-ring (bicyclic) bond motifs is 1. The molecule has 0 bridgehead atoms. The van der Waals surface area contributed by atoms with Gasteiger partial charge in [-0.3, -0.25) is 9.79 Å². The fourth-order valence-electron chi connectivity index (χ4n) is 3.71. The first-order chi connectivity index (χ1) is 14.9. The van der Waals surface area contributed by atoms with Crippen LogP contribution < -0.4 is 15.8 Å². The van der Waals surface area contributed by atoms with Gasteiger partial charge in [0.2, 0.25) is 0 Å². The van der Waals surface area contributed by atoms with Crippen LogP contribution in [0.4, 0.5) is 5.69 Å². The number of allylic oxidation sites excluding steroid dienone is 3. The van der Waals surface area contributed by atoms with Crippen LogP contribution in [0.1, 0.15) is 30.0 Å². The highest BCUT2D eigenvalue weighted by Crippen LogP contribution is 2.36. The third kappa shape index (κ3) is 4.97. The predicted molar refractivity (Wildman–Crippen MR) is 130 cm³/mol. The lowest BCUT2D eigenvalue weighted by atomic mass is 9.90. The number of amides is 1. The number of hydrogen-bond donors (Lipinski definition) is 2. The number of amidine groups is 1. The third-order valence-electron chi connectivity index (χ3n) is 5.43. The van der Waals surface area contributed by atoms with Gasteiger partial charge in [0.1, 0.15) is 5.75 Å². The molecule has 7 heteroatoms. The molecule has 1 amide bonds. The summed E-state index contributed by atoms with van der Waals surface area (Å²) in [5.74, 6) is 1.32. The standard InChI is InChI=1S/C24H24ClN3O2S/c1-24(12-13-31-23(26)28-24)16-6-5-7-17(14-16)30-15-22(29)27-21-11-10-20(25)18-8-3-2-4-9-19(18)21/h2-7,9-11,14H,8,12-13,15H2,1H3,(H2,26,28)(H,27,29). The summed E-state index contributed by atoms with van der Waals surface area (Å²) in [6.07, 6.45) is 9.53. The molecule has 1 unspecified atom stereocenters. The molecule has 1 aliphatic carbocycles. The van der Waals surface area contributed by atoms with Gasteiger partial charge in [-0.15, -0.1) is 0 Å². The summed E-state index contributed by atoms with van der Waals surface area (Å²) >= 11 is 7.91. The minimum atomic E-state index is -0.377. The Morgan fingerprint density at radius 2 is 2.19 bits per heavy atom. The second-order valence-electron chi connectivity index (χ2n) is 7.67. The van der Waals surface area contributed by atoms with Crippen LogP contribution >= 0.6 is 23.4 Å². The lowest BCUT2D eigenvalue weighted by Gasteiger charge is -2.30. The predicted octanol–water partition coefficient (Wildman–Crippen LogP) is 5.15. The van der Waals surface area contributed by atoms with Crippen LogP contribution in [0.5, 0.6) is 5.75 Å². The Kier molecular flexibility index (Phi) is 6.39. The van der Waals surface area contributed by atoms with Crippen molar-refractivity contribution in [3.8, 4) is 5.75 Å². The summed E-state index contributed by atoms with van der Waals surface area (Å²) in [4.78, 5) is 17.2. The van der Waals surface area contributed by atoms with Crippen molar-refractivity contribution in [2.24, 2.45) is 10.7 Å². The first kappa shape index (κ1) is 21.5. The molecule has 2 aliphatic rings. The summed E-state index contributed by atoms with van der Waals surface area (Å²) < 4.78 is 5.78. The second kappa shape index (κ2) is 9.20. The van der Waals surface area contributed by atoms with Crippen molar-refractivity contribution in [2.45, 2.75) is 25.3 Å². The smallest absolute Gasteiger partial charge is 0.262 e. The van der Waals surface area contributed by atoms with E-state index >= 15 is 0 Å². The Hall–Kier alpha value is -2.70.